The number of fused-ring (bicyclic) bond motifs is 1. The Bertz CT molecular complexity index is 1220. The molecule has 2 heterocycles. The lowest BCUT2D eigenvalue weighted by Gasteiger charge is -2.04. The van der Waals surface area contributed by atoms with Crippen LogP contribution in [-0.2, 0) is 4.79 Å². The molecule has 29 heavy (non-hydrogen) atoms. The Balaban J connectivity index is 1.71. The number of halogens is 1. The molecule has 144 valence electrons. The van der Waals surface area contributed by atoms with E-state index in [0.29, 0.717) is 10.7 Å². The summed E-state index contributed by atoms with van der Waals surface area (Å²) in [5, 5.41) is 3.40. The first-order valence-corrected chi connectivity index (χ1v) is 9.68. The lowest BCUT2D eigenvalue weighted by molar-refractivity contribution is -0.111. The Kier molecular flexibility index (Phi) is 5.19. The van der Waals surface area contributed by atoms with Crippen LogP contribution in [0.5, 0.6) is 0 Å². The minimum absolute atomic E-state index is 0.232. The number of benzene rings is 2. The molecule has 2 aromatic heterocycles. The number of rotatable bonds is 4. The van der Waals surface area contributed by atoms with Gasteiger partial charge in [-0.15, -0.1) is 0 Å². The molecular weight excluding hydrogens is 382 g/mol. The fourth-order valence-electron chi connectivity index (χ4n) is 3.15. The molecule has 4 nitrogen and oxygen atoms in total. The maximum Gasteiger partial charge on any atom is 0.248 e. The molecule has 1 N–H and O–H groups in total. The van der Waals surface area contributed by atoms with Crippen LogP contribution in [0.3, 0.4) is 0 Å². The number of amides is 1. The maximum atomic E-state index is 12.4. The van der Waals surface area contributed by atoms with Gasteiger partial charge in [-0.25, -0.2) is 4.98 Å². The Labute approximate surface area is 174 Å². The van der Waals surface area contributed by atoms with Gasteiger partial charge in [0.25, 0.3) is 0 Å². The van der Waals surface area contributed by atoms with Gasteiger partial charge in [-0.05, 0) is 55.8 Å². The monoisotopic (exact) mass is 401 g/mol. The van der Waals surface area contributed by atoms with E-state index in [2.05, 4.69) is 24.4 Å². The SMILES string of the molecule is Cc1ccc(-c2nc3cc(C)ccn3c2/C=C/C(=O)Nc2cccc(Cl)c2)cc1. The van der Waals surface area contributed by atoms with Crippen molar-refractivity contribution in [3.05, 3.63) is 94.8 Å². The van der Waals surface area contributed by atoms with Gasteiger partial charge in [0.15, 0.2) is 0 Å². The van der Waals surface area contributed by atoms with Crippen LogP contribution in [0.1, 0.15) is 16.8 Å². The van der Waals surface area contributed by atoms with E-state index in [9.17, 15) is 4.79 Å². The number of imidazole rings is 1. The summed E-state index contributed by atoms with van der Waals surface area (Å²) < 4.78 is 1.99. The number of anilines is 1. The van der Waals surface area contributed by atoms with Crippen LogP contribution in [0.25, 0.3) is 23.0 Å². The molecule has 0 fully saturated rings. The zero-order valence-corrected chi connectivity index (χ0v) is 16.9. The van der Waals surface area contributed by atoms with Crippen molar-refractivity contribution in [1.82, 2.24) is 9.38 Å². The van der Waals surface area contributed by atoms with Crippen LogP contribution in [0.4, 0.5) is 5.69 Å². The van der Waals surface area contributed by atoms with E-state index in [1.165, 1.54) is 11.6 Å². The number of carbonyl (C=O) groups excluding carboxylic acids is 1. The van der Waals surface area contributed by atoms with Gasteiger partial charge in [0, 0.05) is 28.5 Å². The van der Waals surface area contributed by atoms with Gasteiger partial charge in [-0.2, -0.15) is 0 Å². The second-order valence-electron chi connectivity index (χ2n) is 6.98. The van der Waals surface area contributed by atoms with Crippen molar-refractivity contribution >= 4 is 34.9 Å². The van der Waals surface area contributed by atoms with Gasteiger partial charge < -0.3 is 5.32 Å². The fraction of sp³-hybridized carbons (Fsp3) is 0.0833. The van der Waals surface area contributed by atoms with Crippen molar-refractivity contribution in [3.8, 4) is 11.3 Å². The first-order valence-electron chi connectivity index (χ1n) is 9.30. The van der Waals surface area contributed by atoms with E-state index in [4.69, 9.17) is 16.6 Å². The average molecular weight is 402 g/mol. The van der Waals surface area contributed by atoms with Gasteiger partial charge in [-0.1, -0.05) is 47.5 Å². The van der Waals surface area contributed by atoms with Crippen LogP contribution >= 0.6 is 11.6 Å². The predicted molar refractivity (Wildman–Crippen MR) is 119 cm³/mol. The van der Waals surface area contributed by atoms with E-state index in [-0.39, 0.29) is 5.91 Å². The molecule has 0 bridgehead atoms. The lowest BCUT2D eigenvalue weighted by atomic mass is 10.1. The summed E-state index contributed by atoms with van der Waals surface area (Å²) in [6, 6.07) is 19.3. The highest BCUT2D eigenvalue weighted by molar-refractivity contribution is 6.30. The molecule has 0 radical (unpaired) electrons. The van der Waals surface area contributed by atoms with E-state index in [1.54, 1.807) is 30.3 Å². The van der Waals surface area contributed by atoms with Gasteiger partial charge in [0.1, 0.15) is 5.65 Å². The molecule has 2 aromatic carbocycles. The Morgan fingerprint density at radius 3 is 2.59 bits per heavy atom. The van der Waals surface area contributed by atoms with Crippen molar-refractivity contribution in [2.45, 2.75) is 13.8 Å². The first-order chi connectivity index (χ1) is 14.0. The van der Waals surface area contributed by atoms with E-state index in [0.717, 1.165) is 28.2 Å². The first kappa shape index (κ1) is 19.0. The number of aromatic nitrogens is 2. The number of hydrogen-bond donors (Lipinski definition) is 1. The van der Waals surface area contributed by atoms with Crippen molar-refractivity contribution in [1.29, 1.82) is 0 Å². The Morgan fingerprint density at radius 2 is 1.83 bits per heavy atom. The normalized spacial score (nSPS) is 11.3. The maximum absolute atomic E-state index is 12.4. The zero-order chi connectivity index (χ0) is 20.4. The molecule has 0 saturated heterocycles. The smallest absolute Gasteiger partial charge is 0.248 e. The summed E-state index contributed by atoms with van der Waals surface area (Å²) in [7, 11) is 0. The summed E-state index contributed by atoms with van der Waals surface area (Å²) in [6.45, 7) is 4.09. The molecule has 0 spiro atoms. The van der Waals surface area contributed by atoms with Crippen molar-refractivity contribution in [2.24, 2.45) is 0 Å². The van der Waals surface area contributed by atoms with Crippen LogP contribution in [0, 0.1) is 13.8 Å². The molecule has 0 unspecified atom stereocenters. The molecular formula is C24H20ClN3O. The van der Waals surface area contributed by atoms with Gasteiger partial charge in [0.05, 0.1) is 11.4 Å². The van der Waals surface area contributed by atoms with Gasteiger partial charge in [-0.3, -0.25) is 9.20 Å². The highest BCUT2D eigenvalue weighted by atomic mass is 35.5. The largest absolute Gasteiger partial charge is 0.322 e. The third-order valence-corrected chi connectivity index (χ3v) is 4.86. The summed E-state index contributed by atoms with van der Waals surface area (Å²) in [4.78, 5) is 17.2. The highest BCUT2D eigenvalue weighted by Gasteiger charge is 2.12. The third kappa shape index (κ3) is 4.23. The quantitative estimate of drug-likeness (QED) is 0.431. The van der Waals surface area contributed by atoms with E-state index in [1.807, 2.05) is 41.8 Å². The molecule has 0 aliphatic heterocycles. The lowest BCUT2D eigenvalue weighted by Crippen LogP contribution is -2.07. The second kappa shape index (κ2) is 7.94. The molecule has 4 rings (SSSR count). The summed E-state index contributed by atoms with van der Waals surface area (Å²) in [5.41, 5.74) is 6.51. The van der Waals surface area contributed by atoms with Crippen LogP contribution in [0.2, 0.25) is 5.02 Å². The molecule has 1 amide bonds. The Hall–Kier alpha value is -3.37. The number of carbonyl (C=O) groups is 1. The second-order valence-corrected chi connectivity index (χ2v) is 7.41. The van der Waals surface area contributed by atoms with Crippen LogP contribution in [0.15, 0.2) is 72.9 Å². The van der Waals surface area contributed by atoms with Crippen molar-refractivity contribution in [3.63, 3.8) is 0 Å². The van der Waals surface area contributed by atoms with Crippen LogP contribution < -0.4 is 5.32 Å². The van der Waals surface area contributed by atoms with E-state index < -0.39 is 0 Å². The van der Waals surface area contributed by atoms with Gasteiger partial charge >= 0.3 is 0 Å². The van der Waals surface area contributed by atoms with Crippen LogP contribution in [-0.4, -0.2) is 15.3 Å². The number of pyridine rings is 1. The summed E-state index contributed by atoms with van der Waals surface area (Å²) >= 11 is 5.98. The Morgan fingerprint density at radius 1 is 1.03 bits per heavy atom. The summed E-state index contributed by atoms with van der Waals surface area (Å²) in [6.07, 6.45) is 5.29. The minimum Gasteiger partial charge on any atom is -0.322 e. The summed E-state index contributed by atoms with van der Waals surface area (Å²) in [5.74, 6) is -0.232. The number of nitrogens with one attached hydrogen (secondary N) is 1. The zero-order valence-electron chi connectivity index (χ0n) is 16.2. The molecule has 0 saturated carbocycles. The molecule has 0 aliphatic rings. The number of aryl methyl sites for hydroxylation is 2. The molecule has 5 heteroatoms. The number of nitrogens with zero attached hydrogens (tertiary/aromatic N) is 2. The third-order valence-electron chi connectivity index (χ3n) is 4.63. The molecule has 0 atom stereocenters. The molecule has 4 aromatic rings. The van der Waals surface area contributed by atoms with Crippen molar-refractivity contribution in [2.75, 3.05) is 5.32 Å². The van der Waals surface area contributed by atoms with E-state index >= 15 is 0 Å². The topological polar surface area (TPSA) is 46.4 Å². The van der Waals surface area contributed by atoms with Crippen molar-refractivity contribution < 1.29 is 4.79 Å². The fourth-order valence-corrected chi connectivity index (χ4v) is 3.34. The number of hydrogen-bond acceptors (Lipinski definition) is 2. The molecule has 0 aliphatic carbocycles. The van der Waals surface area contributed by atoms with Gasteiger partial charge in [0.2, 0.25) is 5.91 Å². The average Bonchev–Trinajstić information content (AvgIpc) is 3.04. The standard InChI is InChI=1S/C24H20ClN3O/c1-16-6-8-18(9-7-16)24-21(28-13-12-17(2)14-22(28)27-24)10-11-23(29)26-20-5-3-4-19(25)15-20/h3-15H,1-2H3,(H,26,29)/b11-10+. The highest BCUT2D eigenvalue weighted by Crippen LogP contribution is 2.26. The minimum atomic E-state index is -0.232. The predicted octanol–water partition coefficient (Wildman–Crippen LogP) is 5.92.